The summed E-state index contributed by atoms with van der Waals surface area (Å²) in [5.41, 5.74) is 0. The lowest BCUT2D eigenvalue weighted by atomic mass is 10.0. The minimum Gasteiger partial charge on any atom is -0.756 e. The molecule has 0 heterocycles. The number of esters is 2. The van der Waals surface area contributed by atoms with E-state index in [2.05, 4.69) is 13.8 Å². The first-order valence-electron chi connectivity index (χ1n) is 19.2. The van der Waals surface area contributed by atoms with Gasteiger partial charge in [-0.15, -0.1) is 0 Å². The molecule has 9 nitrogen and oxygen atoms in total. The Balaban J connectivity index is 4.41. The van der Waals surface area contributed by atoms with Gasteiger partial charge in [0, 0.05) is 12.8 Å². The Kier molecular flexibility index (Phi) is 30.4. The lowest BCUT2D eigenvalue weighted by Gasteiger charge is -2.28. The van der Waals surface area contributed by atoms with Crippen LogP contribution in [0.1, 0.15) is 174 Å². The van der Waals surface area contributed by atoms with E-state index in [9.17, 15) is 19.0 Å². The molecule has 0 fully saturated rings. The molecule has 0 rings (SSSR count). The summed E-state index contributed by atoms with van der Waals surface area (Å²) in [7, 11) is 1.18. The van der Waals surface area contributed by atoms with Crippen LogP contribution in [0.25, 0.3) is 0 Å². The standard InChI is InChI=1S/C37H74NO8P/c1-6-8-10-12-14-16-18-20-21-23-25-27-29-36(39)43-33-35(34-45-47(41,42)44-32-31-38(3,4)5)46-37(40)30-28-26-24-22-19-17-15-13-11-9-7-2/h35H,6-34H2,1-5H3/t35-/m1/s1. The van der Waals surface area contributed by atoms with Gasteiger partial charge in [-0.3, -0.25) is 14.2 Å². The fraction of sp³-hybridized carbons (Fsp3) is 0.946. The Morgan fingerprint density at radius 1 is 0.574 bits per heavy atom. The van der Waals surface area contributed by atoms with Gasteiger partial charge < -0.3 is 27.9 Å². The number of carbonyl (C=O) groups is 2. The van der Waals surface area contributed by atoms with Gasteiger partial charge in [-0.25, -0.2) is 0 Å². The van der Waals surface area contributed by atoms with E-state index in [1.54, 1.807) is 0 Å². The van der Waals surface area contributed by atoms with Gasteiger partial charge in [0.05, 0.1) is 27.7 Å². The van der Waals surface area contributed by atoms with Gasteiger partial charge in [-0.2, -0.15) is 0 Å². The number of quaternary nitrogens is 1. The highest BCUT2D eigenvalue weighted by Gasteiger charge is 2.21. The SMILES string of the molecule is CCCCCCCCCCCCCCC(=O)OC[C@H](COP(=O)([O-])OCC[N+](C)(C)C)OC(=O)CCCCCCCCCCCCC. The van der Waals surface area contributed by atoms with E-state index in [4.69, 9.17) is 18.5 Å². The maximum absolute atomic E-state index is 12.6. The van der Waals surface area contributed by atoms with E-state index in [-0.39, 0.29) is 32.0 Å². The molecule has 0 aromatic rings. The van der Waals surface area contributed by atoms with Crippen molar-refractivity contribution in [3.05, 3.63) is 0 Å². The van der Waals surface area contributed by atoms with Crippen molar-refractivity contribution in [2.75, 3.05) is 47.5 Å². The van der Waals surface area contributed by atoms with Gasteiger partial charge in [0.1, 0.15) is 19.8 Å². The summed E-state index contributed by atoms with van der Waals surface area (Å²) < 4.78 is 33.7. The summed E-state index contributed by atoms with van der Waals surface area (Å²) in [5.74, 6) is -0.828. The van der Waals surface area contributed by atoms with Crippen molar-refractivity contribution in [2.45, 2.75) is 180 Å². The summed E-state index contributed by atoms with van der Waals surface area (Å²) in [6.45, 7) is 4.22. The number of likely N-dealkylation sites (N-methyl/N-ethyl adjacent to an activating group) is 1. The zero-order chi connectivity index (χ0) is 35.1. The highest BCUT2D eigenvalue weighted by atomic mass is 31.2. The third-order valence-corrected chi connectivity index (χ3v) is 9.34. The lowest BCUT2D eigenvalue weighted by Crippen LogP contribution is -2.37. The number of carbonyl (C=O) groups excluding carboxylic acids is 2. The Bertz CT molecular complexity index is 789. The topological polar surface area (TPSA) is 111 Å². The predicted octanol–water partition coefficient (Wildman–Crippen LogP) is 9.44. The first kappa shape index (κ1) is 46.0. The molecule has 0 spiro atoms. The van der Waals surface area contributed by atoms with Crippen LogP contribution in [0.3, 0.4) is 0 Å². The molecule has 0 aliphatic rings. The Morgan fingerprint density at radius 2 is 0.957 bits per heavy atom. The van der Waals surface area contributed by atoms with Gasteiger partial charge in [0.25, 0.3) is 7.82 Å². The quantitative estimate of drug-likeness (QED) is 0.0280. The van der Waals surface area contributed by atoms with Crippen molar-refractivity contribution in [1.29, 1.82) is 0 Å². The van der Waals surface area contributed by atoms with Crippen molar-refractivity contribution in [1.82, 2.24) is 0 Å². The van der Waals surface area contributed by atoms with Gasteiger partial charge in [-0.1, -0.05) is 149 Å². The molecule has 0 N–H and O–H groups in total. The predicted molar refractivity (Wildman–Crippen MR) is 190 cm³/mol. The number of ether oxygens (including phenoxy) is 2. The first-order valence-corrected chi connectivity index (χ1v) is 20.7. The van der Waals surface area contributed by atoms with Gasteiger partial charge >= 0.3 is 11.9 Å². The number of rotatable bonds is 35. The monoisotopic (exact) mass is 692 g/mol. The van der Waals surface area contributed by atoms with E-state index in [0.717, 1.165) is 32.1 Å². The van der Waals surface area contributed by atoms with Crippen molar-refractivity contribution < 1.29 is 42.1 Å². The minimum absolute atomic E-state index is 0.0262. The Morgan fingerprint density at radius 3 is 1.36 bits per heavy atom. The summed E-state index contributed by atoms with van der Waals surface area (Å²) in [6, 6.07) is 0. The van der Waals surface area contributed by atoms with Crippen LogP contribution in [0.4, 0.5) is 0 Å². The average molecular weight is 692 g/mol. The van der Waals surface area contributed by atoms with Crippen molar-refractivity contribution in [3.63, 3.8) is 0 Å². The molecular formula is C37H74NO8P. The molecule has 0 saturated heterocycles. The fourth-order valence-corrected chi connectivity index (χ4v) is 6.03. The van der Waals surface area contributed by atoms with Crippen molar-refractivity contribution in [3.8, 4) is 0 Å². The summed E-state index contributed by atoms with van der Waals surface area (Å²) in [4.78, 5) is 37.3. The van der Waals surface area contributed by atoms with Crippen LogP contribution in [0.5, 0.6) is 0 Å². The Labute approximate surface area is 289 Å². The maximum Gasteiger partial charge on any atom is 0.306 e. The number of unbranched alkanes of at least 4 members (excludes halogenated alkanes) is 21. The largest absolute Gasteiger partial charge is 0.756 e. The smallest absolute Gasteiger partial charge is 0.306 e. The molecule has 0 bridgehead atoms. The molecular weight excluding hydrogens is 617 g/mol. The molecule has 10 heteroatoms. The van der Waals surface area contributed by atoms with Crippen LogP contribution in [0.2, 0.25) is 0 Å². The van der Waals surface area contributed by atoms with E-state index in [0.29, 0.717) is 17.4 Å². The van der Waals surface area contributed by atoms with Crippen LogP contribution >= 0.6 is 7.82 Å². The molecule has 0 radical (unpaired) electrons. The fourth-order valence-electron chi connectivity index (χ4n) is 5.30. The first-order chi connectivity index (χ1) is 22.5. The van der Waals surface area contributed by atoms with E-state index >= 15 is 0 Å². The van der Waals surface area contributed by atoms with E-state index in [1.807, 2.05) is 21.1 Å². The van der Waals surface area contributed by atoms with Crippen molar-refractivity contribution >= 4 is 19.8 Å². The number of hydrogen-bond acceptors (Lipinski definition) is 8. The van der Waals surface area contributed by atoms with Gasteiger partial charge in [0.15, 0.2) is 6.10 Å². The van der Waals surface area contributed by atoms with Crippen LogP contribution in [0.15, 0.2) is 0 Å². The number of phosphoric acid groups is 1. The normalized spacial score (nSPS) is 13.7. The van der Waals surface area contributed by atoms with Crippen LogP contribution in [-0.2, 0) is 32.7 Å². The molecule has 1 unspecified atom stereocenters. The summed E-state index contributed by atoms with van der Waals surface area (Å²) in [6.07, 6.45) is 26.9. The minimum atomic E-state index is -4.61. The van der Waals surface area contributed by atoms with Crippen LogP contribution < -0.4 is 4.89 Å². The molecule has 2 atom stereocenters. The molecule has 0 aliphatic carbocycles. The zero-order valence-corrected chi connectivity index (χ0v) is 32.1. The molecule has 47 heavy (non-hydrogen) atoms. The maximum atomic E-state index is 12.6. The summed E-state index contributed by atoms with van der Waals surface area (Å²) >= 11 is 0. The van der Waals surface area contributed by atoms with Gasteiger partial charge in [0.2, 0.25) is 0 Å². The number of phosphoric ester groups is 1. The second-order valence-electron chi connectivity index (χ2n) is 14.3. The molecule has 280 valence electrons. The highest BCUT2D eigenvalue weighted by molar-refractivity contribution is 7.45. The third kappa shape index (κ3) is 34.7. The summed E-state index contributed by atoms with van der Waals surface area (Å²) in [5, 5.41) is 0. The van der Waals surface area contributed by atoms with Crippen molar-refractivity contribution in [2.24, 2.45) is 0 Å². The second-order valence-corrected chi connectivity index (χ2v) is 15.7. The van der Waals surface area contributed by atoms with E-state index < -0.39 is 26.5 Å². The van der Waals surface area contributed by atoms with Crippen LogP contribution in [0, 0.1) is 0 Å². The third-order valence-electron chi connectivity index (χ3n) is 8.38. The number of nitrogens with zero attached hydrogens (tertiary/aromatic N) is 1. The molecule has 0 aromatic heterocycles. The van der Waals surface area contributed by atoms with Gasteiger partial charge in [-0.05, 0) is 12.8 Å². The van der Waals surface area contributed by atoms with E-state index in [1.165, 1.54) is 109 Å². The number of hydrogen-bond donors (Lipinski definition) is 0. The van der Waals surface area contributed by atoms with Crippen LogP contribution in [-0.4, -0.2) is 70.0 Å². The average Bonchev–Trinajstić information content (AvgIpc) is 3.01. The molecule has 0 saturated carbocycles. The lowest BCUT2D eigenvalue weighted by molar-refractivity contribution is -0.870. The molecule has 0 amide bonds. The Hall–Kier alpha value is -0.990. The highest BCUT2D eigenvalue weighted by Crippen LogP contribution is 2.38. The second kappa shape index (κ2) is 31.0. The molecule has 0 aromatic carbocycles. The zero-order valence-electron chi connectivity index (χ0n) is 31.2. The molecule has 0 aliphatic heterocycles.